The van der Waals surface area contributed by atoms with Crippen molar-refractivity contribution in [1.82, 2.24) is 9.78 Å². The van der Waals surface area contributed by atoms with Gasteiger partial charge in [-0.05, 0) is 18.4 Å². The first kappa shape index (κ1) is 18.2. The lowest BCUT2D eigenvalue weighted by atomic mass is 10.1. The zero-order chi connectivity index (χ0) is 17.0. The molecule has 2 rings (SSSR count). The molecule has 0 radical (unpaired) electrons. The lowest BCUT2D eigenvalue weighted by Gasteiger charge is -2.09. The number of ether oxygens (including phenoxy) is 2. The second-order valence-electron chi connectivity index (χ2n) is 5.43. The molecule has 0 saturated heterocycles. The normalized spacial score (nSPS) is 10.7. The first-order valence-corrected chi connectivity index (χ1v) is 8.22. The number of methoxy groups -OCH3 is 1. The van der Waals surface area contributed by atoms with Crippen LogP contribution in [0.2, 0.25) is 0 Å². The van der Waals surface area contributed by atoms with Crippen molar-refractivity contribution in [3.8, 4) is 0 Å². The van der Waals surface area contributed by atoms with Gasteiger partial charge in [0.05, 0.1) is 19.4 Å². The molecule has 1 heterocycles. The fraction of sp³-hybridized carbons (Fsp3) is 0.444. The Morgan fingerprint density at radius 1 is 1.17 bits per heavy atom. The Bertz CT molecular complexity index is 599. The zero-order valence-electron chi connectivity index (χ0n) is 14.1. The van der Waals surface area contributed by atoms with Gasteiger partial charge in [-0.25, -0.2) is 4.68 Å². The summed E-state index contributed by atoms with van der Waals surface area (Å²) in [7, 11) is 1.64. The zero-order valence-corrected chi connectivity index (χ0v) is 14.1. The summed E-state index contributed by atoms with van der Waals surface area (Å²) in [6.07, 6.45) is 3.69. The second kappa shape index (κ2) is 10.6. The fourth-order valence-electron chi connectivity index (χ4n) is 2.28. The number of nitrogens with one attached hydrogen (secondary N) is 1. The van der Waals surface area contributed by atoms with Gasteiger partial charge in [-0.2, -0.15) is 5.10 Å². The molecule has 130 valence electrons. The third-order valence-corrected chi connectivity index (χ3v) is 3.56. The van der Waals surface area contributed by atoms with E-state index in [1.165, 1.54) is 5.56 Å². The minimum atomic E-state index is -0.0215. The number of aryl methyl sites for hydroxylation is 2. The van der Waals surface area contributed by atoms with Gasteiger partial charge in [0, 0.05) is 32.7 Å². The first-order valence-electron chi connectivity index (χ1n) is 8.22. The molecule has 1 aromatic heterocycles. The van der Waals surface area contributed by atoms with Crippen LogP contribution in [0.1, 0.15) is 18.4 Å². The van der Waals surface area contributed by atoms with E-state index in [2.05, 4.69) is 22.5 Å². The van der Waals surface area contributed by atoms with Crippen molar-refractivity contribution in [2.24, 2.45) is 0 Å². The molecule has 0 bridgehead atoms. The molecule has 0 saturated carbocycles. The molecule has 0 unspecified atom stereocenters. The predicted octanol–water partition coefficient (Wildman–Crippen LogP) is 2.51. The number of benzene rings is 1. The highest BCUT2D eigenvalue weighted by Gasteiger charge is 2.07. The molecule has 0 atom stereocenters. The Morgan fingerprint density at radius 3 is 2.79 bits per heavy atom. The van der Waals surface area contributed by atoms with E-state index in [-0.39, 0.29) is 5.91 Å². The molecule has 2 aromatic rings. The molecule has 0 aliphatic heterocycles. The van der Waals surface area contributed by atoms with Crippen LogP contribution in [0.15, 0.2) is 42.6 Å². The maximum Gasteiger partial charge on any atom is 0.225 e. The number of hydrogen-bond acceptors (Lipinski definition) is 4. The lowest BCUT2D eigenvalue weighted by molar-refractivity contribution is -0.116. The molecule has 6 heteroatoms. The van der Waals surface area contributed by atoms with Crippen LogP contribution >= 0.6 is 0 Å². The highest BCUT2D eigenvalue weighted by Crippen LogP contribution is 2.09. The van der Waals surface area contributed by atoms with Crippen LogP contribution in [-0.4, -0.2) is 42.6 Å². The van der Waals surface area contributed by atoms with E-state index in [1.807, 2.05) is 28.9 Å². The van der Waals surface area contributed by atoms with Gasteiger partial charge in [-0.1, -0.05) is 30.3 Å². The Labute approximate surface area is 142 Å². The summed E-state index contributed by atoms with van der Waals surface area (Å²) in [5.41, 5.74) is 1.25. The number of aromatic nitrogens is 2. The third-order valence-electron chi connectivity index (χ3n) is 3.56. The first-order chi connectivity index (χ1) is 11.8. The van der Waals surface area contributed by atoms with Gasteiger partial charge in [0.2, 0.25) is 5.91 Å². The molecule has 0 aliphatic rings. The Hall–Kier alpha value is -2.18. The molecule has 6 nitrogen and oxygen atoms in total. The van der Waals surface area contributed by atoms with Crippen LogP contribution < -0.4 is 5.32 Å². The van der Waals surface area contributed by atoms with Crippen LogP contribution in [0.3, 0.4) is 0 Å². The molecule has 0 spiro atoms. The highest BCUT2D eigenvalue weighted by atomic mass is 16.5. The maximum absolute atomic E-state index is 12.0. The Balaban J connectivity index is 1.71. The predicted molar refractivity (Wildman–Crippen MR) is 92.9 cm³/mol. The number of nitrogens with zero attached hydrogens (tertiary/aromatic N) is 2. The number of anilines is 1. The third kappa shape index (κ3) is 6.52. The standard InChI is InChI=1S/C18H25N3O3/c1-23-14-15-24-13-5-8-18(22)20-17-9-11-19-21(17)12-10-16-6-3-2-4-7-16/h2-4,6-7,9,11H,5,8,10,12-15H2,1H3,(H,20,22). The van der Waals surface area contributed by atoms with E-state index in [0.717, 1.165) is 18.8 Å². The van der Waals surface area contributed by atoms with Crippen LogP contribution in [-0.2, 0) is 27.2 Å². The topological polar surface area (TPSA) is 65.4 Å². The highest BCUT2D eigenvalue weighted by molar-refractivity contribution is 5.89. The van der Waals surface area contributed by atoms with E-state index in [1.54, 1.807) is 13.3 Å². The monoisotopic (exact) mass is 331 g/mol. The molecule has 1 aromatic carbocycles. The summed E-state index contributed by atoms with van der Waals surface area (Å²) >= 11 is 0. The molecule has 0 aliphatic carbocycles. The maximum atomic E-state index is 12.0. The molecular formula is C18H25N3O3. The van der Waals surface area contributed by atoms with Gasteiger partial charge < -0.3 is 14.8 Å². The van der Waals surface area contributed by atoms with Crippen molar-refractivity contribution in [3.05, 3.63) is 48.2 Å². The largest absolute Gasteiger partial charge is 0.382 e. The number of amides is 1. The van der Waals surface area contributed by atoms with Gasteiger partial charge in [0.25, 0.3) is 0 Å². The molecule has 1 N–H and O–H groups in total. The van der Waals surface area contributed by atoms with E-state index in [9.17, 15) is 4.79 Å². The van der Waals surface area contributed by atoms with E-state index in [4.69, 9.17) is 9.47 Å². The smallest absolute Gasteiger partial charge is 0.225 e. The average Bonchev–Trinajstić information content (AvgIpc) is 3.04. The van der Waals surface area contributed by atoms with E-state index < -0.39 is 0 Å². The quantitative estimate of drug-likeness (QED) is 0.643. The summed E-state index contributed by atoms with van der Waals surface area (Å²) in [5.74, 6) is 0.711. The molecule has 24 heavy (non-hydrogen) atoms. The van der Waals surface area contributed by atoms with Crippen molar-refractivity contribution in [3.63, 3.8) is 0 Å². The van der Waals surface area contributed by atoms with Crippen molar-refractivity contribution in [2.75, 3.05) is 32.2 Å². The van der Waals surface area contributed by atoms with E-state index >= 15 is 0 Å². The van der Waals surface area contributed by atoms with E-state index in [0.29, 0.717) is 32.7 Å². The van der Waals surface area contributed by atoms with Crippen LogP contribution in [0.5, 0.6) is 0 Å². The van der Waals surface area contributed by atoms with Crippen molar-refractivity contribution < 1.29 is 14.3 Å². The van der Waals surface area contributed by atoms with Crippen LogP contribution in [0.25, 0.3) is 0 Å². The minimum Gasteiger partial charge on any atom is -0.382 e. The van der Waals surface area contributed by atoms with Gasteiger partial charge in [0.15, 0.2) is 0 Å². The van der Waals surface area contributed by atoms with Crippen LogP contribution in [0.4, 0.5) is 5.82 Å². The summed E-state index contributed by atoms with van der Waals surface area (Å²) in [6, 6.07) is 12.0. The second-order valence-corrected chi connectivity index (χ2v) is 5.43. The lowest BCUT2D eigenvalue weighted by Crippen LogP contribution is -2.16. The average molecular weight is 331 g/mol. The van der Waals surface area contributed by atoms with Gasteiger partial charge in [-0.3, -0.25) is 4.79 Å². The van der Waals surface area contributed by atoms with Gasteiger partial charge >= 0.3 is 0 Å². The van der Waals surface area contributed by atoms with Gasteiger partial charge in [0.1, 0.15) is 5.82 Å². The number of carbonyl (C=O) groups is 1. The summed E-state index contributed by atoms with van der Waals surface area (Å²) in [5, 5.41) is 7.19. The van der Waals surface area contributed by atoms with Crippen molar-refractivity contribution in [1.29, 1.82) is 0 Å². The summed E-state index contributed by atoms with van der Waals surface area (Å²) in [6.45, 7) is 2.42. The Morgan fingerprint density at radius 2 is 2.00 bits per heavy atom. The number of rotatable bonds is 11. The van der Waals surface area contributed by atoms with Crippen LogP contribution in [0, 0.1) is 0 Å². The summed E-state index contributed by atoms with van der Waals surface area (Å²) in [4.78, 5) is 12.0. The number of carbonyl (C=O) groups excluding carboxylic acids is 1. The summed E-state index contributed by atoms with van der Waals surface area (Å²) < 4.78 is 12.1. The molecular weight excluding hydrogens is 306 g/mol. The fourth-order valence-corrected chi connectivity index (χ4v) is 2.28. The minimum absolute atomic E-state index is 0.0215. The van der Waals surface area contributed by atoms with Crippen molar-refractivity contribution >= 4 is 11.7 Å². The molecule has 0 fully saturated rings. The molecule has 1 amide bonds. The number of hydrogen-bond donors (Lipinski definition) is 1. The van der Waals surface area contributed by atoms with Gasteiger partial charge in [-0.15, -0.1) is 0 Å². The SMILES string of the molecule is COCCOCCCC(=O)Nc1ccnn1CCc1ccccc1. The Kier molecular flexibility index (Phi) is 8.00. The van der Waals surface area contributed by atoms with Crippen molar-refractivity contribution in [2.45, 2.75) is 25.8 Å².